The van der Waals surface area contributed by atoms with Gasteiger partial charge in [0, 0.05) is 18.9 Å². The van der Waals surface area contributed by atoms with E-state index in [1.807, 2.05) is 24.4 Å². The van der Waals surface area contributed by atoms with E-state index in [0.717, 1.165) is 62.9 Å². The lowest BCUT2D eigenvalue weighted by atomic mass is 9.91. The third-order valence-corrected chi connectivity index (χ3v) is 7.04. The minimum Gasteiger partial charge on any atom is -0.490 e. The van der Waals surface area contributed by atoms with Crippen LogP contribution in [0.25, 0.3) is 0 Å². The number of carbonyl (C=O) groups excluding carboxylic acids is 1. The molecule has 2 unspecified atom stereocenters. The Morgan fingerprint density at radius 1 is 1.06 bits per heavy atom. The number of ether oxygens (including phenoxy) is 2. The predicted octanol–water partition coefficient (Wildman–Crippen LogP) is 5.36. The van der Waals surface area contributed by atoms with Crippen LogP contribution in [0.2, 0.25) is 0 Å². The van der Waals surface area contributed by atoms with E-state index in [1.165, 1.54) is 11.1 Å². The maximum absolute atomic E-state index is 10.9. The third kappa shape index (κ3) is 4.35. The van der Waals surface area contributed by atoms with E-state index in [9.17, 15) is 4.79 Å². The van der Waals surface area contributed by atoms with E-state index >= 15 is 0 Å². The molecule has 5 heteroatoms. The molecule has 2 heterocycles. The number of hydrogen-bond donors (Lipinski definition) is 0. The van der Waals surface area contributed by atoms with Gasteiger partial charge in [0.15, 0.2) is 0 Å². The number of carbonyl (C=O) groups is 1. The van der Waals surface area contributed by atoms with Crippen LogP contribution in [-0.2, 0) is 11.2 Å². The quantitative estimate of drug-likeness (QED) is 0.438. The summed E-state index contributed by atoms with van der Waals surface area (Å²) in [6.45, 7) is 0.751. The molecule has 0 radical (unpaired) electrons. The van der Waals surface area contributed by atoms with Gasteiger partial charge in [0.1, 0.15) is 42.7 Å². The van der Waals surface area contributed by atoms with Gasteiger partial charge in [-0.1, -0.05) is 35.4 Å². The molecule has 0 N–H and O–H groups in total. The number of allylic oxidation sites excluding steroid dienone is 1. The van der Waals surface area contributed by atoms with Gasteiger partial charge in [0.2, 0.25) is 0 Å². The number of quaternary nitrogens is 1. The first-order chi connectivity index (χ1) is 15.8. The number of nitrogens with zero attached hydrogens (tertiary/aromatic N) is 2. The molecule has 5 rings (SSSR count). The number of aryl methyl sites for hydroxylation is 1. The minimum atomic E-state index is 0.128. The van der Waals surface area contributed by atoms with Crippen molar-refractivity contribution in [1.82, 2.24) is 0 Å². The van der Waals surface area contributed by atoms with Gasteiger partial charge >= 0.3 is 0 Å². The van der Waals surface area contributed by atoms with Gasteiger partial charge in [-0.15, -0.1) is 0 Å². The lowest BCUT2D eigenvalue weighted by Gasteiger charge is -2.38. The van der Waals surface area contributed by atoms with Crippen LogP contribution in [0, 0.1) is 0 Å². The fourth-order valence-corrected chi connectivity index (χ4v) is 5.32. The molecule has 166 valence electrons. The van der Waals surface area contributed by atoms with Crippen LogP contribution in [-0.4, -0.2) is 35.8 Å². The molecule has 2 atom stereocenters. The number of benzene rings is 2. The molecular weight excluding hydrogens is 400 g/mol. The second-order valence-corrected chi connectivity index (χ2v) is 9.05. The molecule has 2 aliphatic heterocycles. The van der Waals surface area contributed by atoms with Crippen LogP contribution in [0.4, 0.5) is 0 Å². The highest BCUT2D eigenvalue weighted by atomic mass is 16.5. The minimum absolute atomic E-state index is 0.128. The molecule has 3 aliphatic rings. The normalized spacial score (nSPS) is 28.7. The summed E-state index contributed by atoms with van der Waals surface area (Å²) in [6.07, 6.45) is 14.0. The summed E-state index contributed by atoms with van der Waals surface area (Å²) in [5.74, 6) is 1.92. The van der Waals surface area contributed by atoms with E-state index < -0.39 is 0 Å². The molecule has 0 saturated heterocycles. The van der Waals surface area contributed by atoms with Crippen LogP contribution < -0.4 is 9.47 Å². The Balaban J connectivity index is 1.18. The van der Waals surface area contributed by atoms with Gasteiger partial charge < -0.3 is 14.3 Å². The van der Waals surface area contributed by atoms with Gasteiger partial charge in [-0.05, 0) is 55.0 Å². The van der Waals surface area contributed by atoms with Crippen LogP contribution >= 0.6 is 0 Å². The fraction of sp³-hybridized carbons (Fsp3) is 0.407. The molecule has 1 aliphatic carbocycles. The van der Waals surface area contributed by atoms with Crippen molar-refractivity contribution in [3.63, 3.8) is 0 Å². The second-order valence-electron chi connectivity index (χ2n) is 9.05. The average Bonchev–Trinajstić information content (AvgIpc) is 3.33. The zero-order chi connectivity index (χ0) is 21.8. The van der Waals surface area contributed by atoms with Crippen LogP contribution in [0.5, 0.6) is 11.5 Å². The van der Waals surface area contributed by atoms with Crippen molar-refractivity contribution in [3.8, 4) is 11.5 Å². The summed E-state index contributed by atoms with van der Waals surface area (Å²) < 4.78 is 13.2. The molecular formula is C27H31N2O3+. The van der Waals surface area contributed by atoms with E-state index in [-0.39, 0.29) is 12.2 Å². The molecule has 0 amide bonds. The standard InChI is InChI=1S/C27H31N2O3/c30-19-5-18-29(17-4-16-28-29)23-9-11-24(12-10-23)31-25-13-15-27-22(20-25)8-14-26(32-27)21-6-2-1-3-7-21/h1-4,6-7,13,15-17,19-20,23-24,26H,5,8-12,14,18H2/q+1/t23-,24-,26?,29?. The van der Waals surface area contributed by atoms with Crippen molar-refractivity contribution in [2.45, 2.75) is 63.2 Å². The second kappa shape index (κ2) is 9.29. The molecule has 2 aromatic carbocycles. The Kier molecular flexibility index (Phi) is 6.08. The SMILES string of the molecule is O=CCC[N+]1([C@H]2CC[C@H](Oc3ccc4c(c3)CCC(c3ccccc3)O4)CC2)C=CC=N1. The van der Waals surface area contributed by atoms with E-state index in [4.69, 9.17) is 14.6 Å². The van der Waals surface area contributed by atoms with Gasteiger partial charge in [0.05, 0.1) is 18.7 Å². The highest BCUT2D eigenvalue weighted by Gasteiger charge is 2.40. The maximum atomic E-state index is 10.9. The largest absolute Gasteiger partial charge is 0.490 e. The van der Waals surface area contributed by atoms with Crippen molar-refractivity contribution in [2.24, 2.45) is 5.10 Å². The zero-order valence-electron chi connectivity index (χ0n) is 18.4. The van der Waals surface area contributed by atoms with Gasteiger partial charge in [-0.2, -0.15) is 4.59 Å². The van der Waals surface area contributed by atoms with Crippen LogP contribution in [0.3, 0.4) is 0 Å². The summed E-state index contributed by atoms with van der Waals surface area (Å²) in [7, 11) is 0. The molecule has 32 heavy (non-hydrogen) atoms. The topological polar surface area (TPSA) is 47.9 Å². The van der Waals surface area contributed by atoms with Gasteiger partial charge in [-0.3, -0.25) is 0 Å². The first-order valence-electron chi connectivity index (χ1n) is 11.8. The molecule has 1 fully saturated rings. The van der Waals surface area contributed by atoms with Crippen molar-refractivity contribution in [1.29, 1.82) is 0 Å². The van der Waals surface area contributed by atoms with Gasteiger partial charge in [-0.25, -0.2) is 0 Å². The Bertz CT molecular complexity index is 981. The number of rotatable bonds is 7. The van der Waals surface area contributed by atoms with Crippen molar-refractivity contribution < 1.29 is 18.9 Å². The van der Waals surface area contributed by atoms with Crippen LogP contribution in [0.1, 0.15) is 55.8 Å². The molecule has 2 aromatic rings. The van der Waals surface area contributed by atoms with E-state index in [2.05, 4.69) is 42.6 Å². The average molecular weight is 432 g/mol. The lowest BCUT2D eigenvalue weighted by molar-refractivity contribution is -0.909. The molecule has 0 spiro atoms. The predicted molar refractivity (Wildman–Crippen MR) is 125 cm³/mol. The van der Waals surface area contributed by atoms with Crippen molar-refractivity contribution >= 4 is 12.5 Å². The zero-order valence-corrected chi connectivity index (χ0v) is 18.4. The Morgan fingerprint density at radius 2 is 1.91 bits per heavy atom. The molecule has 5 nitrogen and oxygen atoms in total. The Morgan fingerprint density at radius 3 is 2.66 bits per heavy atom. The van der Waals surface area contributed by atoms with Crippen LogP contribution in [0.15, 0.2) is 65.9 Å². The number of fused-ring (bicyclic) bond motifs is 1. The maximum Gasteiger partial charge on any atom is 0.125 e. The monoisotopic (exact) mass is 431 g/mol. The van der Waals surface area contributed by atoms with E-state index in [1.54, 1.807) is 0 Å². The highest BCUT2D eigenvalue weighted by Crippen LogP contribution is 2.38. The summed E-state index contributed by atoms with van der Waals surface area (Å²) >= 11 is 0. The van der Waals surface area contributed by atoms with E-state index in [0.29, 0.717) is 17.1 Å². The van der Waals surface area contributed by atoms with Gasteiger partial charge in [0.25, 0.3) is 0 Å². The molecule has 0 aromatic heterocycles. The number of hydrogen-bond acceptors (Lipinski definition) is 4. The summed E-state index contributed by atoms with van der Waals surface area (Å²) in [4.78, 5) is 10.9. The molecule has 0 bridgehead atoms. The Labute approximate surface area is 189 Å². The van der Waals surface area contributed by atoms with Crippen molar-refractivity contribution in [3.05, 3.63) is 71.9 Å². The first-order valence-corrected chi connectivity index (χ1v) is 11.8. The van der Waals surface area contributed by atoms with Crippen molar-refractivity contribution in [2.75, 3.05) is 6.54 Å². The highest BCUT2D eigenvalue weighted by molar-refractivity contribution is 5.71. The first kappa shape index (κ1) is 21.0. The fourth-order valence-electron chi connectivity index (χ4n) is 5.32. The summed E-state index contributed by atoms with van der Waals surface area (Å²) in [6, 6.07) is 17.1. The lowest BCUT2D eigenvalue weighted by Crippen LogP contribution is -2.49. The smallest absolute Gasteiger partial charge is 0.125 e. The third-order valence-electron chi connectivity index (χ3n) is 7.04. The summed E-state index contributed by atoms with van der Waals surface area (Å²) in [5, 5.41) is 4.70. The molecule has 1 saturated carbocycles. The number of aldehydes is 1. The Hall–Kier alpha value is -2.92. The summed E-state index contributed by atoms with van der Waals surface area (Å²) in [5.41, 5.74) is 2.47.